The molecule has 1 aromatic heterocycles. The van der Waals surface area contributed by atoms with Crippen LogP contribution >= 0.6 is 11.3 Å². The fourth-order valence-corrected chi connectivity index (χ4v) is 4.72. The SMILES string of the molecule is CC1CC[NH+](Cc2csc(NC(=O)COc3ccc4c(c3)CCC4)n2)CC1. The van der Waals surface area contributed by atoms with E-state index in [0.717, 1.165) is 36.7 Å². The van der Waals surface area contributed by atoms with E-state index in [1.165, 1.54) is 54.8 Å². The van der Waals surface area contributed by atoms with Gasteiger partial charge in [-0.2, -0.15) is 0 Å². The Morgan fingerprint density at radius 2 is 2.11 bits per heavy atom. The summed E-state index contributed by atoms with van der Waals surface area (Å²) in [7, 11) is 0. The molecule has 0 saturated carbocycles. The molecule has 1 fully saturated rings. The lowest BCUT2D eigenvalue weighted by molar-refractivity contribution is -0.920. The lowest BCUT2D eigenvalue weighted by atomic mass is 9.99. The third kappa shape index (κ3) is 4.87. The Bertz CT molecular complexity index is 796. The highest BCUT2D eigenvalue weighted by Crippen LogP contribution is 2.26. The van der Waals surface area contributed by atoms with Gasteiger partial charge in [0.2, 0.25) is 0 Å². The van der Waals surface area contributed by atoms with E-state index in [9.17, 15) is 4.79 Å². The number of aryl methyl sites for hydroxylation is 2. The van der Waals surface area contributed by atoms with E-state index in [2.05, 4.69) is 34.7 Å². The van der Waals surface area contributed by atoms with Gasteiger partial charge in [-0.05, 0) is 61.3 Å². The second-order valence-corrected chi connectivity index (χ2v) is 8.73. The highest BCUT2D eigenvalue weighted by atomic mass is 32.1. The van der Waals surface area contributed by atoms with Crippen molar-refractivity contribution in [3.8, 4) is 5.75 Å². The molecule has 1 saturated heterocycles. The lowest BCUT2D eigenvalue weighted by Crippen LogP contribution is -3.11. The van der Waals surface area contributed by atoms with E-state index >= 15 is 0 Å². The van der Waals surface area contributed by atoms with Crippen LogP contribution in [0, 0.1) is 5.92 Å². The number of carbonyl (C=O) groups excluding carboxylic acids is 1. The van der Waals surface area contributed by atoms with Crippen molar-refractivity contribution in [3.05, 3.63) is 40.4 Å². The molecule has 27 heavy (non-hydrogen) atoms. The van der Waals surface area contributed by atoms with Crippen LogP contribution in [0.1, 0.15) is 43.0 Å². The van der Waals surface area contributed by atoms with Crippen molar-refractivity contribution in [1.29, 1.82) is 0 Å². The monoisotopic (exact) mass is 386 g/mol. The average Bonchev–Trinajstić information content (AvgIpc) is 3.30. The van der Waals surface area contributed by atoms with Gasteiger partial charge in [-0.1, -0.05) is 13.0 Å². The first-order chi connectivity index (χ1) is 13.2. The van der Waals surface area contributed by atoms with E-state index in [0.29, 0.717) is 5.13 Å². The predicted octanol–water partition coefficient (Wildman–Crippen LogP) is 2.46. The highest BCUT2D eigenvalue weighted by Gasteiger charge is 2.20. The van der Waals surface area contributed by atoms with E-state index in [1.54, 1.807) is 4.90 Å². The molecule has 0 unspecified atom stereocenters. The topological polar surface area (TPSA) is 55.7 Å². The van der Waals surface area contributed by atoms with Gasteiger partial charge < -0.3 is 9.64 Å². The van der Waals surface area contributed by atoms with Crippen LogP contribution < -0.4 is 15.0 Å². The van der Waals surface area contributed by atoms with Crippen LogP contribution in [-0.2, 0) is 24.2 Å². The van der Waals surface area contributed by atoms with Crippen molar-refractivity contribution in [2.45, 2.75) is 45.6 Å². The van der Waals surface area contributed by atoms with Gasteiger partial charge in [0.15, 0.2) is 11.7 Å². The van der Waals surface area contributed by atoms with Crippen molar-refractivity contribution in [2.24, 2.45) is 5.92 Å². The zero-order valence-corrected chi connectivity index (χ0v) is 16.7. The molecule has 1 aliphatic heterocycles. The number of nitrogens with zero attached hydrogens (tertiary/aromatic N) is 1. The summed E-state index contributed by atoms with van der Waals surface area (Å²) in [6.45, 7) is 5.73. The number of ether oxygens (including phenoxy) is 1. The van der Waals surface area contributed by atoms with Crippen LogP contribution in [0.15, 0.2) is 23.6 Å². The number of fused-ring (bicyclic) bond motifs is 1. The molecular weight excluding hydrogens is 358 g/mol. The Hall–Kier alpha value is -1.92. The van der Waals surface area contributed by atoms with E-state index < -0.39 is 0 Å². The Morgan fingerprint density at radius 3 is 2.96 bits per heavy atom. The molecule has 5 nitrogen and oxygen atoms in total. The molecule has 1 aromatic carbocycles. The van der Waals surface area contributed by atoms with Gasteiger partial charge >= 0.3 is 0 Å². The Balaban J connectivity index is 1.24. The summed E-state index contributed by atoms with van der Waals surface area (Å²) in [5, 5.41) is 5.59. The van der Waals surface area contributed by atoms with Crippen molar-refractivity contribution in [2.75, 3.05) is 25.0 Å². The number of piperidine rings is 1. The van der Waals surface area contributed by atoms with Gasteiger partial charge in [0.1, 0.15) is 18.0 Å². The fourth-order valence-electron chi connectivity index (χ4n) is 3.99. The minimum atomic E-state index is -0.157. The summed E-state index contributed by atoms with van der Waals surface area (Å²) in [5.41, 5.74) is 3.83. The zero-order chi connectivity index (χ0) is 18.6. The van der Waals surface area contributed by atoms with Gasteiger partial charge in [-0.25, -0.2) is 4.98 Å². The number of aromatic nitrogens is 1. The standard InChI is InChI=1S/C21H27N3O2S/c1-15-7-9-24(10-8-15)12-18-14-27-21(22-18)23-20(25)13-26-19-6-5-16-3-2-4-17(16)11-19/h5-6,11,14-15H,2-4,7-10,12-13H2,1H3,(H,22,23,25)/p+1. The van der Waals surface area contributed by atoms with Crippen LogP contribution in [0.4, 0.5) is 5.13 Å². The van der Waals surface area contributed by atoms with E-state index in [-0.39, 0.29) is 12.5 Å². The summed E-state index contributed by atoms with van der Waals surface area (Å²) < 4.78 is 5.66. The van der Waals surface area contributed by atoms with Crippen LogP contribution in [0.25, 0.3) is 0 Å². The lowest BCUT2D eigenvalue weighted by Gasteiger charge is -2.26. The number of amides is 1. The van der Waals surface area contributed by atoms with E-state index in [1.807, 2.05) is 6.07 Å². The van der Waals surface area contributed by atoms with Gasteiger partial charge in [0.25, 0.3) is 5.91 Å². The third-order valence-electron chi connectivity index (χ3n) is 5.65. The summed E-state index contributed by atoms with van der Waals surface area (Å²) >= 11 is 1.49. The number of quaternary nitrogens is 1. The first-order valence-electron chi connectivity index (χ1n) is 9.98. The van der Waals surface area contributed by atoms with Gasteiger partial charge in [0.05, 0.1) is 13.1 Å². The molecule has 2 aromatic rings. The molecule has 0 atom stereocenters. The highest BCUT2D eigenvalue weighted by molar-refractivity contribution is 7.13. The number of anilines is 1. The van der Waals surface area contributed by atoms with Crippen molar-refractivity contribution >= 4 is 22.4 Å². The maximum Gasteiger partial charge on any atom is 0.264 e. The first kappa shape index (κ1) is 18.4. The molecule has 6 heteroatoms. The zero-order valence-electron chi connectivity index (χ0n) is 15.9. The van der Waals surface area contributed by atoms with E-state index in [4.69, 9.17) is 4.74 Å². The maximum absolute atomic E-state index is 12.2. The Morgan fingerprint density at radius 1 is 1.30 bits per heavy atom. The number of carbonyl (C=O) groups is 1. The minimum Gasteiger partial charge on any atom is -0.484 e. The Labute approximate surface area is 164 Å². The number of rotatable bonds is 6. The van der Waals surface area contributed by atoms with Crippen LogP contribution in [-0.4, -0.2) is 30.6 Å². The molecule has 2 aliphatic rings. The largest absolute Gasteiger partial charge is 0.484 e. The van der Waals surface area contributed by atoms with Gasteiger partial charge in [-0.15, -0.1) is 11.3 Å². The number of thiazole rings is 1. The fraction of sp³-hybridized carbons (Fsp3) is 0.524. The second kappa shape index (κ2) is 8.40. The summed E-state index contributed by atoms with van der Waals surface area (Å²) in [5.74, 6) is 1.47. The molecule has 0 radical (unpaired) electrons. The molecule has 4 rings (SSSR count). The second-order valence-electron chi connectivity index (χ2n) is 7.87. The predicted molar refractivity (Wildman–Crippen MR) is 108 cm³/mol. The molecule has 1 aliphatic carbocycles. The van der Waals surface area contributed by atoms with Crippen LogP contribution in [0.3, 0.4) is 0 Å². The summed E-state index contributed by atoms with van der Waals surface area (Å²) in [4.78, 5) is 18.3. The summed E-state index contributed by atoms with van der Waals surface area (Å²) in [6, 6.07) is 6.15. The first-order valence-corrected chi connectivity index (χ1v) is 10.9. The quantitative estimate of drug-likeness (QED) is 0.802. The normalized spacial score (nSPS) is 21.7. The molecule has 1 amide bonds. The molecule has 2 N–H and O–H groups in total. The third-order valence-corrected chi connectivity index (χ3v) is 6.46. The maximum atomic E-state index is 12.2. The molecule has 0 spiro atoms. The van der Waals surface area contributed by atoms with Gasteiger partial charge in [-0.3, -0.25) is 10.1 Å². The van der Waals surface area contributed by atoms with Crippen LogP contribution in [0.2, 0.25) is 0 Å². The number of hydrogen-bond donors (Lipinski definition) is 2. The van der Waals surface area contributed by atoms with Crippen molar-refractivity contribution in [1.82, 2.24) is 4.98 Å². The summed E-state index contributed by atoms with van der Waals surface area (Å²) in [6.07, 6.45) is 6.06. The smallest absolute Gasteiger partial charge is 0.264 e. The van der Waals surface area contributed by atoms with Crippen LogP contribution in [0.5, 0.6) is 5.75 Å². The average molecular weight is 387 g/mol. The molecule has 0 bridgehead atoms. The minimum absolute atomic E-state index is 0.0168. The van der Waals surface area contributed by atoms with Crippen molar-refractivity contribution in [3.63, 3.8) is 0 Å². The number of hydrogen-bond acceptors (Lipinski definition) is 4. The molecular formula is C21H28N3O2S+. The van der Waals surface area contributed by atoms with Crippen molar-refractivity contribution < 1.29 is 14.4 Å². The molecule has 2 heterocycles. The molecule has 144 valence electrons. The Kier molecular flexibility index (Phi) is 5.74. The number of likely N-dealkylation sites (tertiary alicyclic amines) is 1. The number of benzene rings is 1. The van der Waals surface area contributed by atoms with Gasteiger partial charge in [0, 0.05) is 5.38 Å². The number of nitrogens with one attached hydrogen (secondary N) is 2.